The van der Waals surface area contributed by atoms with Gasteiger partial charge in [0.25, 0.3) is 0 Å². The summed E-state index contributed by atoms with van der Waals surface area (Å²) in [6.07, 6.45) is 0. The van der Waals surface area contributed by atoms with Gasteiger partial charge in [-0.1, -0.05) is 0 Å². The molecule has 0 N–H and O–H groups in total. The molecule has 0 aliphatic carbocycles. The van der Waals surface area contributed by atoms with Gasteiger partial charge in [0, 0.05) is 0 Å². The zero-order valence-electron chi connectivity index (χ0n) is 13.9. The highest BCUT2D eigenvalue weighted by atomic mass is 16.5. The number of aromatic nitrogens is 3. The van der Waals surface area contributed by atoms with Crippen molar-refractivity contribution in [1.29, 1.82) is 0 Å². The lowest BCUT2D eigenvalue weighted by Gasteiger charge is -2.03. The zero-order valence-corrected chi connectivity index (χ0v) is 13.9. The molecule has 7 heteroatoms. The number of benzene rings is 2. The number of hydrogen-bond acceptors (Lipinski definition) is 6. The van der Waals surface area contributed by atoms with Crippen LogP contribution in [0.1, 0.15) is 34.6 Å². The van der Waals surface area contributed by atoms with E-state index in [0.717, 1.165) is 0 Å². The molecule has 1 aromatic heterocycles. The summed E-state index contributed by atoms with van der Waals surface area (Å²) in [7, 11) is 0. The van der Waals surface area contributed by atoms with E-state index in [1.54, 1.807) is 56.3 Å². The van der Waals surface area contributed by atoms with Gasteiger partial charge in [0.2, 0.25) is 0 Å². The number of hydrogen-bond donors (Lipinski definition) is 0. The van der Waals surface area contributed by atoms with Crippen LogP contribution in [-0.2, 0) is 9.47 Å². The molecule has 0 saturated heterocycles. The van der Waals surface area contributed by atoms with E-state index in [1.807, 2.05) is 0 Å². The Kier molecular flexibility index (Phi) is 4.74. The average molecular weight is 339 g/mol. The van der Waals surface area contributed by atoms with Crippen LogP contribution in [0.2, 0.25) is 0 Å². The van der Waals surface area contributed by atoms with Crippen molar-refractivity contribution < 1.29 is 19.1 Å². The highest BCUT2D eigenvalue weighted by Crippen LogP contribution is 2.16. The normalized spacial score (nSPS) is 10.6. The van der Waals surface area contributed by atoms with Crippen LogP contribution in [0.25, 0.3) is 16.7 Å². The number of carbonyl (C=O) groups excluding carboxylic acids is 2. The standard InChI is InChI=1S/C18H17N3O4/c1-3-24-17(22)12-5-8-14(9-6-12)21-19-15-10-7-13(11-16(15)20-21)18(23)25-4-2/h5-11H,3-4H2,1-2H3. The van der Waals surface area contributed by atoms with E-state index >= 15 is 0 Å². The fourth-order valence-electron chi connectivity index (χ4n) is 2.32. The first-order valence-corrected chi connectivity index (χ1v) is 7.94. The number of nitrogens with zero attached hydrogens (tertiary/aromatic N) is 3. The molecule has 0 atom stereocenters. The number of fused-ring (bicyclic) bond motifs is 1. The largest absolute Gasteiger partial charge is 0.462 e. The molecule has 0 radical (unpaired) electrons. The molecule has 0 bridgehead atoms. The summed E-state index contributed by atoms with van der Waals surface area (Å²) in [5.74, 6) is -0.760. The molecular formula is C18H17N3O4. The van der Waals surface area contributed by atoms with Crippen LogP contribution in [0.4, 0.5) is 0 Å². The lowest BCUT2D eigenvalue weighted by molar-refractivity contribution is 0.0517. The number of esters is 2. The maximum absolute atomic E-state index is 11.8. The molecule has 3 rings (SSSR count). The van der Waals surface area contributed by atoms with Gasteiger partial charge in [0.1, 0.15) is 11.0 Å². The third kappa shape index (κ3) is 3.50. The fourth-order valence-corrected chi connectivity index (χ4v) is 2.32. The van der Waals surface area contributed by atoms with Crippen molar-refractivity contribution in [2.75, 3.05) is 13.2 Å². The third-order valence-electron chi connectivity index (χ3n) is 3.50. The van der Waals surface area contributed by atoms with Crippen molar-refractivity contribution in [3.05, 3.63) is 53.6 Å². The monoisotopic (exact) mass is 339 g/mol. The summed E-state index contributed by atoms with van der Waals surface area (Å²) in [4.78, 5) is 24.9. The van der Waals surface area contributed by atoms with Crippen LogP contribution in [0.5, 0.6) is 0 Å². The van der Waals surface area contributed by atoms with Gasteiger partial charge in [-0.3, -0.25) is 0 Å². The van der Waals surface area contributed by atoms with Gasteiger partial charge in [0.15, 0.2) is 0 Å². The first kappa shape index (κ1) is 16.6. The van der Waals surface area contributed by atoms with Crippen molar-refractivity contribution in [3.8, 4) is 5.69 Å². The summed E-state index contributed by atoms with van der Waals surface area (Å²) < 4.78 is 9.94. The Labute approximate surface area is 144 Å². The summed E-state index contributed by atoms with van der Waals surface area (Å²) >= 11 is 0. The Bertz CT molecular complexity index is 916. The Morgan fingerprint density at radius 3 is 2.04 bits per heavy atom. The predicted molar refractivity (Wildman–Crippen MR) is 90.8 cm³/mol. The molecule has 0 unspecified atom stereocenters. The average Bonchev–Trinajstić information content (AvgIpc) is 3.05. The first-order chi connectivity index (χ1) is 12.1. The van der Waals surface area contributed by atoms with E-state index in [-0.39, 0.29) is 5.97 Å². The minimum atomic E-state index is -0.391. The molecular weight excluding hydrogens is 322 g/mol. The molecule has 7 nitrogen and oxygen atoms in total. The third-order valence-corrected chi connectivity index (χ3v) is 3.50. The lowest BCUT2D eigenvalue weighted by Crippen LogP contribution is -2.05. The Morgan fingerprint density at radius 2 is 1.40 bits per heavy atom. The van der Waals surface area contributed by atoms with E-state index in [0.29, 0.717) is 41.1 Å². The van der Waals surface area contributed by atoms with Gasteiger partial charge in [-0.15, -0.1) is 10.2 Å². The Morgan fingerprint density at radius 1 is 0.840 bits per heavy atom. The van der Waals surface area contributed by atoms with E-state index in [1.165, 1.54) is 4.80 Å². The molecule has 0 amide bonds. The second-order valence-electron chi connectivity index (χ2n) is 5.18. The maximum Gasteiger partial charge on any atom is 0.338 e. The molecule has 0 aliphatic rings. The topological polar surface area (TPSA) is 83.3 Å². The second kappa shape index (κ2) is 7.12. The highest BCUT2D eigenvalue weighted by molar-refractivity contribution is 5.93. The smallest absolute Gasteiger partial charge is 0.338 e. The van der Waals surface area contributed by atoms with Gasteiger partial charge in [-0.25, -0.2) is 9.59 Å². The van der Waals surface area contributed by atoms with Gasteiger partial charge in [-0.05, 0) is 56.3 Å². The van der Waals surface area contributed by atoms with Crippen LogP contribution in [0.15, 0.2) is 42.5 Å². The quantitative estimate of drug-likeness (QED) is 0.665. The summed E-state index contributed by atoms with van der Waals surface area (Å²) in [5.41, 5.74) is 2.83. The lowest BCUT2D eigenvalue weighted by atomic mass is 10.2. The van der Waals surface area contributed by atoms with Crippen LogP contribution in [0.3, 0.4) is 0 Å². The van der Waals surface area contributed by atoms with Crippen molar-refractivity contribution in [2.24, 2.45) is 0 Å². The molecule has 0 fully saturated rings. The van der Waals surface area contributed by atoms with Crippen LogP contribution >= 0.6 is 0 Å². The minimum absolute atomic E-state index is 0.316. The summed E-state index contributed by atoms with van der Waals surface area (Å²) in [6.45, 7) is 4.16. The van der Waals surface area contributed by atoms with E-state index in [4.69, 9.17) is 9.47 Å². The first-order valence-electron chi connectivity index (χ1n) is 7.94. The molecule has 0 spiro atoms. The van der Waals surface area contributed by atoms with E-state index in [9.17, 15) is 9.59 Å². The van der Waals surface area contributed by atoms with Crippen molar-refractivity contribution in [3.63, 3.8) is 0 Å². The summed E-state index contributed by atoms with van der Waals surface area (Å²) in [5, 5.41) is 8.76. The number of ether oxygens (including phenoxy) is 2. The van der Waals surface area contributed by atoms with Gasteiger partial charge in [0.05, 0.1) is 30.0 Å². The van der Waals surface area contributed by atoms with E-state index < -0.39 is 5.97 Å². The zero-order chi connectivity index (χ0) is 17.8. The molecule has 3 aromatic rings. The van der Waals surface area contributed by atoms with Crippen molar-refractivity contribution >= 4 is 23.0 Å². The second-order valence-corrected chi connectivity index (χ2v) is 5.18. The summed E-state index contributed by atoms with van der Waals surface area (Å²) in [6, 6.07) is 11.8. The van der Waals surface area contributed by atoms with Crippen LogP contribution in [0, 0.1) is 0 Å². The Balaban J connectivity index is 1.88. The van der Waals surface area contributed by atoms with Crippen LogP contribution in [-0.4, -0.2) is 40.1 Å². The van der Waals surface area contributed by atoms with E-state index in [2.05, 4.69) is 10.2 Å². The highest BCUT2D eigenvalue weighted by Gasteiger charge is 2.11. The molecule has 2 aromatic carbocycles. The molecule has 0 aliphatic heterocycles. The van der Waals surface area contributed by atoms with Crippen LogP contribution < -0.4 is 0 Å². The number of carbonyl (C=O) groups is 2. The van der Waals surface area contributed by atoms with Gasteiger partial charge < -0.3 is 9.47 Å². The van der Waals surface area contributed by atoms with Gasteiger partial charge >= 0.3 is 11.9 Å². The van der Waals surface area contributed by atoms with Crippen molar-refractivity contribution in [2.45, 2.75) is 13.8 Å². The SMILES string of the molecule is CCOC(=O)c1ccc(-n2nc3ccc(C(=O)OCC)cc3n2)cc1. The molecule has 128 valence electrons. The van der Waals surface area contributed by atoms with Crippen molar-refractivity contribution in [1.82, 2.24) is 15.0 Å². The molecule has 25 heavy (non-hydrogen) atoms. The molecule has 0 saturated carbocycles. The number of rotatable bonds is 5. The fraction of sp³-hybridized carbons (Fsp3) is 0.222. The minimum Gasteiger partial charge on any atom is -0.462 e. The predicted octanol–water partition coefficient (Wildman–Crippen LogP) is 2.77. The Hall–Kier alpha value is -3.22. The van der Waals surface area contributed by atoms with Gasteiger partial charge in [-0.2, -0.15) is 4.80 Å². The molecule has 1 heterocycles. The maximum atomic E-state index is 11.8.